The van der Waals surface area contributed by atoms with Gasteiger partial charge in [0.25, 0.3) is 0 Å². The summed E-state index contributed by atoms with van der Waals surface area (Å²) in [5.74, 6) is 0.693. The van der Waals surface area contributed by atoms with Crippen LogP contribution in [0.1, 0.15) is 30.8 Å². The van der Waals surface area contributed by atoms with Gasteiger partial charge < -0.3 is 15.0 Å². The molecule has 0 radical (unpaired) electrons. The Morgan fingerprint density at radius 2 is 2.10 bits per heavy atom. The van der Waals surface area contributed by atoms with Crippen molar-refractivity contribution >= 4 is 11.8 Å². The van der Waals surface area contributed by atoms with E-state index in [1.165, 1.54) is 13.3 Å². The number of ether oxygens (including phenoxy) is 1. The van der Waals surface area contributed by atoms with Crippen molar-refractivity contribution in [2.75, 3.05) is 33.1 Å². The lowest BCUT2D eigenvalue weighted by molar-refractivity contribution is 0.0593. The molecule has 0 bridgehead atoms. The van der Waals surface area contributed by atoms with Gasteiger partial charge in [-0.05, 0) is 26.4 Å². The van der Waals surface area contributed by atoms with E-state index >= 15 is 0 Å². The third-order valence-electron chi connectivity index (χ3n) is 2.72. The smallest absolute Gasteiger partial charge is 0.358 e. The van der Waals surface area contributed by atoms with Crippen LogP contribution in [0.2, 0.25) is 0 Å². The number of nitrogens with one attached hydrogen (secondary N) is 1. The first-order valence-corrected chi connectivity index (χ1v) is 6.74. The first-order valence-electron chi connectivity index (χ1n) is 6.74. The highest BCUT2D eigenvalue weighted by atomic mass is 16.5. The number of hydrogen-bond acceptors (Lipinski definition) is 6. The molecule has 0 aromatic carbocycles. The van der Waals surface area contributed by atoms with Crippen LogP contribution in [0.15, 0.2) is 12.4 Å². The minimum Gasteiger partial charge on any atom is -0.464 e. The highest BCUT2D eigenvalue weighted by Crippen LogP contribution is 2.12. The molecule has 1 heterocycles. The van der Waals surface area contributed by atoms with Crippen molar-refractivity contribution in [2.45, 2.75) is 26.3 Å². The number of likely N-dealkylation sites (N-methyl/N-ethyl adjacent to an activating group) is 1. The van der Waals surface area contributed by atoms with Crippen molar-refractivity contribution in [2.24, 2.45) is 5.92 Å². The zero-order valence-electron chi connectivity index (χ0n) is 12.9. The topological polar surface area (TPSA) is 67.3 Å². The maximum atomic E-state index is 11.4. The number of aromatic nitrogens is 2. The summed E-state index contributed by atoms with van der Waals surface area (Å²) in [7, 11) is 5.40. The van der Waals surface area contributed by atoms with E-state index in [0.717, 1.165) is 13.0 Å². The average Bonchev–Trinajstić information content (AvgIpc) is 2.36. The Kier molecular flexibility index (Phi) is 6.38. The minimum absolute atomic E-state index is 0.214. The van der Waals surface area contributed by atoms with E-state index in [-0.39, 0.29) is 11.7 Å². The van der Waals surface area contributed by atoms with Crippen LogP contribution in [0.4, 0.5) is 5.82 Å². The molecule has 0 amide bonds. The molecule has 0 saturated carbocycles. The van der Waals surface area contributed by atoms with Gasteiger partial charge in [-0.15, -0.1) is 0 Å². The minimum atomic E-state index is -0.478. The lowest BCUT2D eigenvalue weighted by Crippen LogP contribution is -2.34. The zero-order chi connectivity index (χ0) is 15.1. The van der Waals surface area contributed by atoms with Gasteiger partial charge in [0, 0.05) is 12.6 Å². The lowest BCUT2D eigenvalue weighted by Gasteiger charge is -2.24. The highest BCUT2D eigenvalue weighted by molar-refractivity contribution is 5.87. The Morgan fingerprint density at radius 3 is 2.65 bits per heavy atom. The van der Waals surface area contributed by atoms with E-state index in [9.17, 15) is 4.79 Å². The van der Waals surface area contributed by atoms with Gasteiger partial charge in [0.15, 0.2) is 5.69 Å². The number of rotatable bonds is 7. The van der Waals surface area contributed by atoms with Crippen LogP contribution >= 0.6 is 0 Å². The molecule has 0 aliphatic rings. The molecular weight excluding hydrogens is 256 g/mol. The van der Waals surface area contributed by atoms with Gasteiger partial charge in [-0.25, -0.2) is 9.78 Å². The maximum Gasteiger partial charge on any atom is 0.358 e. The molecule has 1 rings (SSSR count). The largest absolute Gasteiger partial charge is 0.464 e. The number of carbonyl (C=O) groups is 1. The van der Waals surface area contributed by atoms with Gasteiger partial charge in [-0.2, -0.15) is 0 Å². The fourth-order valence-corrected chi connectivity index (χ4v) is 2.04. The molecule has 6 heteroatoms. The van der Waals surface area contributed by atoms with E-state index in [1.54, 1.807) is 6.20 Å². The van der Waals surface area contributed by atoms with Crippen molar-refractivity contribution in [1.29, 1.82) is 0 Å². The van der Waals surface area contributed by atoms with Gasteiger partial charge in [0.05, 0.1) is 19.5 Å². The van der Waals surface area contributed by atoms with Crippen LogP contribution < -0.4 is 5.32 Å². The number of hydrogen-bond donors (Lipinski definition) is 1. The van der Waals surface area contributed by atoms with Crippen LogP contribution in [0.5, 0.6) is 0 Å². The monoisotopic (exact) mass is 280 g/mol. The van der Waals surface area contributed by atoms with E-state index in [2.05, 4.69) is 38.8 Å². The predicted molar refractivity (Wildman–Crippen MR) is 78.8 cm³/mol. The molecular formula is C14H24N4O2. The maximum absolute atomic E-state index is 11.4. The predicted octanol–water partition coefficient (Wildman–Crippen LogP) is 1.65. The Labute approximate surface area is 120 Å². The van der Waals surface area contributed by atoms with Gasteiger partial charge in [0.2, 0.25) is 0 Å². The van der Waals surface area contributed by atoms with Crippen molar-refractivity contribution in [3.05, 3.63) is 18.1 Å². The second kappa shape index (κ2) is 7.79. The number of methoxy groups -OCH3 is 1. The lowest BCUT2D eigenvalue weighted by atomic mass is 10.0. The molecule has 0 spiro atoms. The first kappa shape index (κ1) is 16.4. The highest BCUT2D eigenvalue weighted by Gasteiger charge is 2.14. The van der Waals surface area contributed by atoms with Gasteiger partial charge >= 0.3 is 5.97 Å². The summed E-state index contributed by atoms with van der Waals surface area (Å²) in [6.07, 6.45) is 4.04. The van der Waals surface area contributed by atoms with Crippen LogP contribution in [0, 0.1) is 5.92 Å². The standard InChI is InChI=1S/C14H24N4O2/c1-10(2)6-11(9-18(3)4)16-13-8-15-7-12(17-13)14(19)20-5/h7-8,10-11H,6,9H2,1-5H3,(H,16,17). The Morgan fingerprint density at radius 1 is 1.40 bits per heavy atom. The molecule has 1 aromatic heterocycles. The molecule has 1 N–H and O–H groups in total. The second-order valence-corrected chi connectivity index (χ2v) is 5.51. The molecule has 6 nitrogen and oxygen atoms in total. The molecule has 1 aromatic rings. The summed E-state index contributed by atoms with van der Waals surface area (Å²) in [4.78, 5) is 21.8. The van der Waals surface area contributed by atoms with Crippen LogP contribution in [-0.2, 0) is 4.74 Å². The zero-order valence-corrected chi connectivity index (χ0v) is 12.9. The summed E-state index contributed by atoms with van der Waals surface area (Å²) in [6.45, 7) is 5.25. The van der Waals surface area contributed by atoms with Crippen molar-refractivity contribution in [1.82, 2.24) is 14.9 Å². The third kappa shape index (κ3) is 5.52. The van der Waals surface area contributed by atoms with Crippen molar-refractivity contribution < 1.29 is 9.53 Å². The molecule has 112 valence electrons. The van der Waals surface area contributed by atoms with Crippen LogP contribution in [-0.4, -0.2) is 54.6 Å². The number of carbonyl (C=O) groups excluding carboxylic acids is 1. The Balaban J connectivity index is 2.79. The first-order chi connectivity index (χ1) is 9.42. The molecule has 0 fully saturated rings. The normalized spacial score (nSPS) is 12.6. The molecule has 0 aliphatic carbocycles. The van der Waals surface area contributed by atoms with Crippen LogP contribution in [0.25, 0.3) is 0 Å². The summed E-state index contributed by atoms with van der Waals surface area (Å²) in [5, 5.41) is 3.34. The summed E-state index contributed by atoms with van der Waals surface area (Å²) in [6, 6.07) is 0.257. The SMILES string of the molecule is COC(=O)c1cncc(NC(CC(C)C)CN(C)C)n1. The molecule has 1 unspecified atom stereocenters. The quantitative estimate of drug-likeness (QED) is 0.766. The number of anilines is 1. The number of nitrogens with zero attached hydrogens (tertiary/aromatic N) is 3. The van der Waals surface area contributed by atoms with Crippen molar-refractivity contribution in [3.8, 4) is 0 Å². The van der Waals surface area contributed by atoms with E-state index < -0.39 is 5.97 Å². The molecule has 20 heavy (non-hydrogen) atoms. The van der Waals surface area contributed by atoms with E-state index in [0.29, 0.717) is 11.7 Å². The summed E-state index contributed by atoms with van der Waals surface area (Å²) >= 11 is 0. The van der Waals surface area contributed by atoms with Crippen LogP contribution in [0.3, 0.4) is 0 Å². The molecule has 0 aliphatic heterocycles. The average molecular weight is 280 g/mol. The molecule has 0 saturated heterocycles. The molecule has 1 atom stereocenters. The summed E-state index contributed by atoms with van der Waals surface area (Å²) in [5.41, 5.74) is 0.214. The fraction of sp³-hybridized carbons (Fsp3) is 0.643. The van der Waals surface area contributed by atoms with E-state index in [4.69, 9.17) is 0 Å². The third-order valence-corrected chi connectivity index (χ3v) is 2.72. The van der Waals surface area contributed by atoms with Gasteiger partial charge in [-0.3, -0.25) is 4.98 Å². The Bertz CT molecular complexity index is 425. The fourth-order valence-electron chi connectivity index (χ4n) is 2.04. The second-order valence-electron chi connectivity index (χ2n) is 5.51. The van der Waals surface area contributed by atoms with Gasteiger partial charge in [0.1, 0.15) is 5.82 Å². The Hall–Kier alpha value is -1.69. The summed E-state index contributed by atoms with van der Waals surface area (Å²) < 4.78 is 4.65. The van der Waals surface area contributed by atoms with Gasteiger partial charge in [-0.1, -0.05) is 13.8 Å². The van der Waals surface area contributed by atoms with Crippen molar-refractivity contribution in [3.63, 3.8) is 0 Å². The number of esters is 1. The van der Waals surface area contributed by atoms with E-state index in [1.807, 2.05) is 14.1 Å².